The van der Waals surface area contributed by atoms with Crippen molar-refractivity contribution in [1.82, 2.24) is 10.6 Å². The smallest absolute Gasteiger partial charge is 0.407 e. The van der Waals surface area contributed by atoms with Gasteiger partial charge in [-0.25, -0.2) is 4.79 Å². The molecule has 0 saturated carbocycles. The molecule has 0 radical (unpaired) electrons. The molecule has 0 unspecified atom stereocenters. The van der Waals surface area contributed by atoms with Gasteiger partial charge in [-0.2, -0.15) is 0 Å². The lowest BCUT2D eigenvalue weighted by molar-refractivity contribution is 0.0149. The summed E-state index contributed by atoms with van der Waals surface area (Å²) >= 11 is 0. The normalized spacial score (nSPS) is 12.4. The fraction of sp³-hybridized carbons (Fsp3) is 0.480. The molecular formula is C25H34N2O5. The monoisotopic (exact) mass is 442 g/mol. The van der Waals surface area contributed by atoms with Crippen molar-refractivity contribution in [2.24, 2.45) is 0 Å². The molecule has 174 valence electrons. The van der Waals surface area contributed by atoms with Crippen LogP contribution in [0.4, 0.5) is 4.79 Å². The molecule has 0 spiro atoms. The number of carbonyl (C=O) groups is 1. The molecule has 32 heavy (non-hydrogen) atoms. The van der Waals surface area contributed by atoms with Crippen molar-refractivity contribution < 1.29 is 23.7 Å². The summed E-state index contributed by atoms with van der Waals surface area (Å²) in [4.78, 5) is 12.1. The quantitative estimate of drug-likeness (QED) is 0.413. The van der Waals surface area contributed by atoms with E-state index >= 15 is 0 Å². The predicted molar refractivity (Wildman–Crippen MR) is 124 cm³/mol. The number of likely N-dealkylation sites (N-methyl/N-ethyl adjacent to an activating group) is 1. The molecule has 0 aromatic heterocycles. The number of carbonyl (C=O) groups excluding carboxylic acids is 1. The molecule has 7 heteroatoms. The van der Waals surface area contributed by atoms with Crippen LogP contribution in [0.25, 0.3) is 11.1 Å². The fourth-order valence-corrected chi connectivity index (χ4v) is 3.73. The molecule has 1 aliphatic carbocycles. The first-order valence-corrected chi connectivity index (χ1v) is 11.3. The number of ether oxygens (including phenoxy) is 4. The number of amides is 1. The van der Waals surface area contributed by atoms with Crippen LogP contribution in [-0.4, -0.2) is 72.5 Å². The first-order valence-electron chi connectivity index (χ1n) is 11.3. The first kappa shape index (κ1) is 24.2. The van der Waals surface area contributed by atoms with Gasteiger partial charge in [-0.05, 0) is 35.7 Å². The van der Waals surface area contributed by atoms with Crippen molar-refractivity contribution in [3.63, 3.8) is 0 Å². The Morgan fingerprint density at radius 1 is 0.781 bits per heavy atom. The topological polar surface area (TPSA) is 78.0 Å². The number of rotatable bonds is 15. The lowest BCUT2D eigenvalue weighted by Crippen LogP contribution is -2.27. The summed E-state index contributed by atoms with van der Waals surface area (Å²) in [5, 5.41) is 5.81. The summed E-state index contributed by atoms with van der Waals surface area (Å²) in [5.74, 6) is 0.0743. The van der Waals surface area contributed by atoms with E-state index < -0.39 is 6.09 Å². The van der Waals surface area contributed by atoms with Gasteiger partial charge in [0.15, 0.2) is 0 Å². The number of alkyl carbamates (subject to hydrolysis) is 1. The van der Waals surface area contributed by atoms with Gasteiger partial charge in [-0.1, -0.05) is 48.5 Å². The lowest BCUT2D eigenvalue weighted by Gasteiger charge is -2.14. The van der Waals surface area contributed by atoms with Gasteiger partial charge >= 0.3 is 6.09 Å². The van der Waals surface area contributed by atoms with Gasteiger partial charge in [0.2, 0.25) is 0 Å². The molecule has 2 N–H and O–H groups in total. The van der Waals surface area contributed by atoms with E-state index in [1.165, 1.54) is 22.3 Å². The van der Waals surface area contributed by atoms with E-state index in [1.54, 1.807) is 0 Å². The van der Waals surface area contributed by atoms with Crippen LogP contribution < -0.4 is 10.6 Å². The van der Waals surface area contributed by atoms with Crippen molar-refractivity contribution in [1.29, 1.82) is 0 Å². The first-order chi connectivity index (χ1) is 15.8. The van der Waals surface area contributed by atoms with Gasteiger partial charge in [0.05, 0.1) is 33.0 Å². The Bertz CT molecular complexity index is 784. The lowest BCUT2D eigenvalue weighted by atomic mass is 9.98. The summed E-state index contributed by atoms with van der Waals surface area (Å²) in [6, 6.07) is 16.6. The summed E-state index contributed by atoms with van der Waals surface area (Å²) in [6.45, 7) is 5.15. The molecule has 0 saturated heterocycles. The maximum Gasteiger partial charge on any atom is 0.407 e. The van der Waals surface area contributed by atoms with Crippen molar-refractivity contribution in [2.45, 2.75) is 12.3 Å². The van der Waals surface area contributed by atoms with Crippen LogP contribution in [0.15, 0.2) is 48.5 Å². The van der Waals surface area contributed by atoms with E-state index in [4.69, 9.17) is 18.9 Å². The van der Waals surface area contributed by atoms with E-state index in [2.05, 4.69) is 34.9 Å². The Morgan fingerprint density at radius 3 is 1.97 bits per heavy atom. The predicted octanol–water partition coefficient (Wildman–Crippen LogP) is 3.18. The molecule has 0 atom stereocenters. The SMILES string of the molecule is CNCCOCCOCCOCCCNC(=O)OCC1c2ccccc2-c2ccccc21. The highest BCUT2D eigenvalue weighted by atomic mass is 16.6. The van der Waals surface area contributed by atoms with Crippen LogP contribution >= 0.6 is 0 Å². The Balaban J connectivity index is 1.23. The van der Waals surface area contributed by atoms with Crippen LogP contribution in [-0.2, 0) is 18.9 Å². The summed E-state index contributed by atoms with van der Waals surface area (Å²) in [6.07, 6.45) is 0.325. The molecule has 1 amide bonds. The second-order valence-corrected chi connectivity index (χ2v) is 7.55. The Labute approximate surface area is 190 Å². The highest BCUT2D eigenvalue weighted by molar-refractivity contribution is 5.79. The third-order valence-electron chi connectivity index (χ3n) is 5.32. The van der Waals surface area contributed by atoms with E-state index in [0.717, 1.165) is 13.0 Å². The molecule has 7 nitrogen and oxygen atoms in total. The zero-order valence-corrected chi connectivity index (χ0v) is 18.8. The van der Waals surface area contributed by atoms with Crippen molar-refractivity contribution in [3.8, 4) is 11.1 Å². The summed E-state index contributed by atoms with van der Waals surface area (Å²) in [7, 11) is 1.89. The molecule has 0 heterocycles. The standard InChI is InChI=1S/C25H34N2O5/c1-26-12-14-30-16-18-31-17-15-29-13-6-11-27-25(28)32-19-24-22-9-4-2-7-20(22)21-8-3-5-10-23(21)24/h2-5,7-10,24,26H,6,11-19H2,1H3,(H,27,28). The van der Waals surface area contributed by atoms with Crippen molar-refractivity contribution in [2.75, 3.05) is 66.4 Å². The van der Waals surface area contributed by atoms with E-state index in [0.29, 0.717) is 52.8 Å². The minimum absolute atomic E-state index is 0.0743. The van der Waals surface area contributed by atoms with Crippen LogP contribution in [0.2, 0.25) is 0 Å². The van der Waals surface area contributed by atoms with Gasteiger partial charge in [0, 0.05) is 25.6 Å². The zero-order valence-electron chi connectivity index (χ0n) is 18.8. The van der Waals surface area contributed by atoms with E-state index in [-0.39, 0.29) is 5.92 Å². The largest absolute Gasteiger partial charge is 0.449 e. The summed E-state index contributed by atoms with van der Waals surface area (Å²) < 4.78 is 21.8. The summed E-state index contributed by atoms with van der Waals surface area (Å²) in [5.41, 5.74) is 4.86. The Morgan fingerprint density at radius 2 is 1.34 bits per heavy atom. The average molecular weight is 443 g/mol. The third-order valence-corrected chi connectivity index (χ3v) is 5.32. The molecule has 2 aromatic rings. The van der Waals surface area contributed by atoms with E-state index in [9.17, 15) is 4.79 Å². The van der Waals surface area contributed by atoms with Crippen LogP contribution in [0.5, 0.6) is 0 Å². The molecule has 2 aromatic carbocycles. The molecule has 0 bridgehead atoms. The van der Waals surface area contributed by atoms with Crippen molar-refractivity contribution in [3.05, 3.63) is 59.7 Å². The van der Waals surface area contributed by atoms with Gasteiger partial charge in [-0.15, -0.1) is 0 Å². The van der Waals surface area contributed by atoms with Crippen molar-refractivity contribution >= 4 is 6.09 Å². The van der Waals surface area contributed by atoms with E-state index in [1.807, 2.05) is 31.3 Å². The molecule has 0 fully saturated rings. The van der Waals surface area contributed by atoms with Gasteiger partial charge in [0.1, 0.15) is 6.61 Å². The zero-order chi connectivity index (χ0) is 22.4. The number of fused-ring (bicyclic) bond motifs is 3. The maximum absolute atomic E-state index is 12.1. The molecule has 0 aliphatic heterocycles. The van der Waals surface area contributed by atoms with Gasteiger partial charge < -0.3 is 29.6 Å². The average Bonchev–Trinajstić information content (AvgIpc) is 3.14. The maximum atomic E-state index is 12.1. The van der Waals surface area contributed by atoms with Gasteiger partial charge in [0.25, 0.3) is 0 Å². The molecule has 1 aliphatic rings. The molecule has 3 rings (SSSR count). The second-order valence-electron chi connectivity index (χ2n) is 7.55. The third kappa shape index (κ3) is 7.31. The second kappa shape index (κ2) is 13.9. The van der Waals surface area contributed by atoms with Crippen LogP contribution in [0.3, 0.4) is 0 Å². The Kier molecular flexibility index (Phi) is 10.5. The molecular weight excluding hydrogens is 408 g/mol. The number of hydrogen-bond donors (Lipinski definition) is 2. The minimum Gasteiger partial charge on any atom is -0.449 e. The Hall–Kier alpha value is -2.45. The number of benzene rings is 2. The van der Waals surface area contributed by atoms with Gasteiger partial charge in [-0.3, -0.25) is 0 Å². The van der Waals surface area contributed by atoms with Crippen LogP contribution in [0.1, 0.15) is 23.5 Å². The van der Waals surface area contributed by atoms with Crippen LogP contribution in [0, 0.1) is 0 Å². The number of nitrogens with one attached hydrogen (secondary N) is 2. The highest BCUT2D eigenvalue weighted by Crippen LogP contribution is 2.44. The highest BCUT2D eigenvalue weighted by Gasteiger charge is 2.28. The fourth-order valence-electron chi connectivity index (χ4n) is 3.73. The number of hydrogen-bond acceptors (Lipinski definition) is 6. The minimum atomic E-state index is -0.395.